The van der Waals surface area contributed by atoms with E-state index in [4.69, 9.17) is 16.5 Å². The summed E-state index contributed by atoms with van der Waals surface area (Å²) < 4.78 is 4.87. The highest BCUT2D eigenvalue weighted by Crippen LogP contribution is 1.96. The summed E-state index contributed by atoms with van der Waals surface area (Å²) in [7, 11) is 0. The number of carbonyl (C=O) groups excluding carboxylic acids is 2. The van der Waals surface area contributed by atoms with E-state index >= 15 is 0 Å². The van der Waals surface area contributed by atoms with E-state index in [1.54, 1.807) is 0 Å². The minimum absolute atomic E-state index is 0.0871. The molecule has 4 nitrogen and oxygen atoms in total. The van der Waals surface area contributed by atoms with Crippen molar-refractivity contribution in [3.8, 4) is 0 Å². The van der Waals surface area contributed by atoms with E-state index in [9.17, 15) is 9.59 Å². The van der Waals surface area contributed by atoms with Gasteiger partial charge in [-0.15, -0.1) is 0 Å². The highest BCUT2D eigenvalue weighted by Gasteiger charge is 2.06. The lowest BCUT2D eigenvalue weighted by Gasteiger charge is -2.02. The molecule has 82 valence electrons. The Morgan fingerprint density at radius 3 is 2.64 bits per heavy atom. The summed E-state index contributed by atoms with van der Waals surface area (Å²) in [5.74, 6) is -0.409. The lowest BCUT2D eigenvalue weighted by molar-refractivity contribution is -0.144. The Bertz CT molecular complexity index is 185. The summed E-state index contributed by atoms with van der Waals surface area (Å²) in [6.07, 6.45) is 2.18. The largest absolute Gasteiger partial charge is 0.466 e. The first kappa shape index (κ1) is 13.4. The summed E-state index contributed by atoms with van der Waals surface area (Å²) in [5, 5.41) is 0. The third-order valence-corrected chi connectivity index (χ3v) is 1.77. The average molecular weight is 222 g/mol. The van der Waals surface area contributed by atoms with Gasteiger partial charge in [0.15, 0.2) is 0 Å². The summed E-state index contributed by atoms with van der Waals surface area (Å²) in [4.78, 5) is 24.1. The molecule has 0 amide bonds. The minimum Gasteiger partial charge on any atom is -0.466 e. The molecule has 0 fully saturated rings. The van der Waals surface area contributed by atoms with Crippen LogP contribution in [0.15, 0.2) is 0 Å². The van der Waals surface area contributed by atoms with Crippen molar-refractivity contribution in [3.63, 3.8) is 0 Å². The lowest BCUT2D eigenvalue weighted by atomic mass is 10.2. The van der Waals surface area contributed by atoms with Crippen LogP contribution in [0, 0.1) is 0 Å². The quantitative estimate of drug-likeness (QED) is 0.383. The maximum Gasteiger partial charge on any atom is 0.306 e. The van der Waals surface area contributed by atoms with Gasteiger partial charge in [-0.3, -0.25) is 9.59 Å². The second kappa shape index (κ2) is 8.97. The zero-order valence-electron chi connectivity index (χ0n) is 8.35. The Balaban J connectivity index is 3.39. The van der Waals surface area contributed by atoms with Crippen molar-refractivity contribution in [1.29, 1.82) is 0 Å². The maximum atomic E-state index is 11.0. The number of nitrogens with one attached hydrogen (secondary N) is 1. The number of carbonyl (C=O) groups is 2. The van der Waals surface area contributed by atoms with E-state index in [0.717, 1.165) is 12.8 Å². The van der Waals surface area contributed by atoms with Gasteiger partial charge in [-0.05, 0) is 18.2 Å². The predicted octanol–water partition coefficient (Wildman–Crippen LogP) is 1.42. The van der Waals surface area contributed by atoms with Crippen LogP contribution >= 0.6 is 11.8 Å². The summed E-state index contributed by atoms with van der Waals surface area (Å²) >= 11 is 5.13. The molecule has 0 aromatic rings. The van der Waals surface area contributed by atoms with Gasteiger partial charge in [0.1, 0.15) is 5.78 Å². The third kappa shape index (κ3) is 8.01. The summed E-state index contributed by atoms with van der Waals surface area (Å²) in [6.45, 7) is 2.55. The van der Waals surface area contributed by atoms with E-state index in [1.165, 1.54) is 0 Å². The van der Waals surface area contributed by atoms with E-state index in [-0.39, 0.29) is 31.1 Å². The van der Waals surface area contributed by atoms with Gasteiger partial charge in [-0.1, -0.05) is 13.3 Å². The van der Waals surface area contributed by atoms with Crippen LogP contribution in [0.2, 0.25) is 0 Å². The normalized spacial score (nSPS) is 9.86. The first-order chi connectivity index (χ1) is 6.70. The number of Topliss-reactive ketones (excluding diaryl/α,β-unsaturated/α-hetero) is 1. The van der Waals surface area contributed by atoms with Crippen LogP contribution in [-0.4, -0.2) is 24.9 Å². The predicted molar refractivity (Wildman–Crippen MR) is 54.0 cm³/mol. The Labute approximate surface area is 89.1 Å². The fraction of sp³-hybridized carbons (Fsp3) is 0.778. The van der Waals surface area contributed by atoms with E-state index in [0.29, 0.717) is 6.61 Å². The second-order valence-electron chi connectivity index (χ2n) is 2.92. The fourth-order valence-corrected chi connectivity index (χ4v) is 0.956. The molecule has 0 atom stereocenters. The molecule has 5 heteroatoms. The maximum absolute atomic E-state index is 11.0. The van der Waals surface area contributed by atoms with Crippen LogP contribution < -0.4 is 4.84 Å². The molecule has 14 heavy (non-hydrogen) atoms. The molecule has 0 aromatic heterocycles. The molecule has 0 heterocycles. The van der Waals surface area contributed by atoms with Gasteiger partial charge < -0.3 is 4.74 Å². The van der Waals surface area contributed by atoms with Gasteiger partial charge in [0.2, 0.25) is 0 Å². The van der Waals surface area contributed by atoms with Gasteiger partial charge in [-0.2, -0.15) is 0 Å². The third-order valence-electron chi connectivity index (χ3n) is 1.63. The smallest absolute Gasteiger partial charge is 0.306 e. The lowest BCUT2D eigenvalue weighted by Crippen LogP contribution is -2.16. The Kier molecular flexibility index (Phi) is 8.57. The number of ether oxygens (including phenoxy) is 1. The van der Waals surface area contributed by atoms with Gasteiger partial charge in [0, 0.05) is 6.42 Å². The number of halogens is 1. The Hall–Kier alpha value is -0.610. The van der Waals surface area contributed by atoms with Crippen molar-refractivity contribution in [2.75, 3.05) is 13.2 Å². The highest BCUT2D eigenvalue weighted by atomic mass is 35.5. The zero-order chi connectivity index (χ0) is 10.8. The summed E-state index contributed by atoms with van der Waals surface area (Å²) in [5.41, 5.74) is 0. The van der Waals surface area contributed by atoms with Crippen LogP contribution in [0.3, 0.4) is 0 Å². The molecule has 0 spiro atoms. The van der Waals surface area contributed by atoms with Crippen molar-refractivity contribution >= 4 is 23.5 Å². The van der Waals surface area contributed by atoms with Crippen LogP contribution in [-0.2, 0) is 14.3 Å². The number of hydrogen-bond acceptors (Lipinski definition) is 4. The molecule has 1 N–H and O–H groups in total. The van der Waals surface area contributed by atoms with Gasteiger partial charge in [0.05, 0.1) is 19.6 Å². The van der Waals surface area contributed by atoms with Gasteiger partial charge in [-0.25, -0.2) is 4.84 Å². The minimum atomic E-state index is -0.318. The zero-order valence-corrected chi connectivity index (χ0v) is 9.10. The van der Waals surface area contributed by atoms with Crippen LogP contribution in [0.5, 0.6) is 0 Å². The first-order valence-electron chi connectivity index (χ1n) is 4.71. The molecule has 0 saturated carbocycles. The molecule has 0 aliphatic rings. The number of hydrogen-bond donors (Lipinski definition) is 1. The average Bonchev–Trinajstić information content (AvgIpc) is 2.16. The molecule has 0 radical (unpaired) electrons. The number of esters is 1. The van der Waals surface area contributed by atoms with Crippen molar-refractivity contribution in [1.82, 2.24) is 4.84 Å². The number of rotatable bonds is 8. The van der Waals surface area contributed by atoms with Crippen molar-refractivity contribution in [2.45, 2.75) is 32.6 Å². The molecular formula is C9H16ClNO3. The monoisotopic (exact) mass is 221 g/mol. The number of ketones is 1. The van der Waals surface area contributed by atoms with Crippen molar-refractivity contribution < 1.29 is 14.3 Å². The molecule has 0 saturated heterocycles. The van der Waals surface area contributed by atoms with Crippen LogP contribution in [0.1, 0.15) is 32.6 Å². The van der Waals surface area contributed by atoms with E-state index < -0.39 is 0 Å². The SMILES string of the molecule is CCCCOC(=O)CCC(=O)CNCl. The molecule has 0 rings (SSSR count). The first-order valence-corrected chi connectivity index (χ1v) is 5.09. The molecule has 0 aliphatic carbocycles. The standard InChI is InChI=1S/C9H16ClNO3/c1-2-3-6-14-9(13)5-4-8(12)7-11-10/h11H,2-7H2,1H3. The second-order valence-corrected chi connectivity index (χ2v) is 3.19. The highest BCUT2D eigenvalue weighted by molar-refractivity contribution is 6.14. The Morgan fingerprint density at radius 1 is 1.36 bits per heavy atom. The molecular weight excluding hydrogens is 206 g/mol. The van der Waals surface area contributed by atoms with Crippen molar-refractivity contribution in [3.05, 3.63) is 0 Å². The molecule has 0 unspecified atom stereocenters. The summed E-state index contributed by atoms with van der Waals surface area (Å²) in [6, 6.07) is 0. The van der Waals surface area contributed by atoms with Crippen molar-refractivity contribution in [2.24, 2.45) is 0 Å². The topological polar surface area (TPSA) is 55.4 Å². The molecule has 0 aromatic carbocycles. The van der Waals surface area contributed by atoms with Crippen LogP contribution in [0.4, 0.5) is 0 Å². The van der Waals surface area contributed by atoms with Gasteiger partial charge >= 0.3 is 5.97 Å². The van der Waals surface area contributed by atoms with E-state index in [1.807, 2.05) is 6.92 Å². The number of unbranched alkanes of at least 4 members (excludes halogenated alkanes) is 1. The Morgan fingerprint density at radius 2 is 2.07 bits per heavy atom. The molecule has 0 aliphatic heterocycles. The van der Waals surface area contributed by atoms with E-state index in [2.05, 4.69) is 4.84 Å². The van der Waals surface area contributed by atoms with Gasteiger partial charge in [0.25, 0.3) is 0 Å². The van der Waals surface area contributed by atoms with Crippen LogP contribution in [0.25, 0.3) is 0 Å². The fourth-order valence-electron chi connectivity index (χ4n) is 0.807. The molecule has 0 bridgehead atoms.